The first kappa shape index (κ1) is 12.7. The largest absolute Gasteiger partial charge is 0.506 e. The number of aliphatic hydroxyl groups excluding tert-OH is 1. The van der Waals surface area contributed by atoms with E-state index >= 15 is 0 Å². The molecule has 2 N–H and O–H groups in total. The first-order valence-electron chi connectivity index (χ1n) is 5.16. The van der Waals surface area contributed by atoms with Crippen LogP contribution < -0.4 is 0 Å². The maximum absolute atomic E-state index is 9.79. The Morgan fingerprint density at radius 3 is 2.88 bits per heavy atom. The highest BCUT2D eigenvalue weighted by molar-refractivity contribution is 5.40. The minimum atomic E-state index is -0.150. The van der Waals surface area contributed by atoms with Gasteiger partial charge in [-0.25, -0.2) is 0 Å². The maximum Gasteiger partial charge on any atom is 0.142 e. The van der Waals surface area contributed by atoms with Crippen molar-refractivity contribution in [3.63, 3.8) is 0 Å². The summed E-state index contributed by atoms with van der Waals surface area (Å²) in [7, 11) is 0. The highest BCUT2D eigenvalue weighted by Gasteiger charge is 2.10. The van der Waals surface area contributed by atoms with Crippen LogP contribution in [0.4, 0.5) is 0 Å². The van der Waals surface area contributed by atoms with Gasteiger partial charge in [0.25, 0.3) is 0 Å². The molecular formula is C12H17NO3. The summed E-state index contributed by atoms with van der Waals surface area (Å²) in [5.74, 6) is 0.104. The molecule has 0 saturated heterocycles. The van der Waals surface area contributed by atoms with Gasteiger partial charge in [0.1, 0.15) is 5.75 Å². The second kappa shape index (κ2) is 6.25. The number of pyridine rings is 1. The number of ether oxygens (including phenoxy) is 1. The zero-order valence-electron chi connectivity index (χ0n) is 9.60. The van der Waals surface area contributed by atoms with Crippen LogP contribution in [0.2, 0.25) is 0 Å². The molecule has 88 valence electrons. The second-order valence-electron chi connectivity index (χ2n) is 3.44. The molecule has 0 spiro atoms. The minimum absolute atomic E-state index is 0.104. The Hall–Kier alpha value is -1.39. The predicted octanol–water partition coefficient (Wildman–Crippen LogP) is 1.68. The molecule has 1 aromatic heterocycles. The molecule has 0 atom stereocenters. The molecule has 0 amide bonds. The van der Waals surface area contributed by atoms with Gasteiger partial charge >= 0.3 is 0 Å². The fraction of sp³-hybridized carbons (Fsp3) is 0.417. The van der Waals surface area contributed by atoms with Crippen LogP contribution >= 0.6 is 0 Å². The van der Waals surface area contributed by atoms with Crippen molar-refractivity contribution in [2.45, 2.75) is 27.1 Å². The Bertz CT molecular complexity index is 375. The van der Waals surface area contributed by atoms with Crippen LogP contribution in [0, 0.1) is 6.92 Å². The number of aliphatic hydroxyl groups is 1. The smallest absolute Gasteiger partial charge is 0.142 e. The molecule has 0 fully saturated rings. The number of aromatic nitrogens is 1. The summed E-state index contributed by atoms with van der Waals surface area (Å²) in [6.45, 7) is 4.24. The van der Waals surface area contributed by atoms with Crippen molar-refractivity contribution in [3.05, 3.63) is 35.2 Å². The molecule has 0 aliphatic rings. The molecule has 0 unspecified atom stereocenters. The Kier molecular flexibility index (Phi) is 4.95. The van der Waals surface area contributed by atoms with E-state index in [9.17, 15) is 5.11 Å². The van der Waals surface area contributed by atoms with Gasteiger partial charge in [0, 0.05) is 17.3 Å². The van der Waals surface area contributed by atoms with E-state index in [1.807, 2.05) is 19.1 Å². The molecular weight excluding hydrogens is 206 g/mol. The van der Waals surface area contributed by atoms with Crippen LogP contribution in [0.25, 0.3) is 0 Å². The topological polar surface area (TPSA) is 62.6 Å². The summed E-state index contributed by atoms with van der Waals surface area (Å²) < 4.78 is 5.35. The van der Waals surface area contributed by atoms with Crippen LogP contribution in [0.1, 0.15) is 23.7 Å². The van der Waals surface area contributed by atoms with Gasteiger partial charge in [0.15, 0.2) is 0 Å². The van der Waals surface area contributed by atoms with Gasteiger partial charge in [-0.2, -0.15) is 0 Å². The fourth-order valence-corrected chi connectivity index (χ4v) is 1.31. The number of nitrogens with zero attached hydrogens (tertiary/aromatic N) is 1. The van der Waals surface area contributed by atoms with E-state index in [4.69, 9.17) is 9.84 Å². The molecule has 0 aromatic carbocycles. The molecule has 4 nitrogen and oxygen atoms in total. The van der Waals surface area contributed by atoms with E-state index in [2.05, 4.69) is 4.98 Å². The summed E-state index contributed by atoms with van der Waals surface area (Å²) in [5.41, 5.74) is 1.75. The number of hydrogen-bond acceptors (Lipinski definition) is 4. The number of aromatic hydroxyl groups is 1. The molecule has 0 aliphatic heterocycles. The van der Waals surface area contributed by atoms with Crippen molar-refractivity contribution in [2.75, 3.05) is 6.61 Å². The SMILES string of the molecule is C/C=C/COCc1c(CO)cnc(C)c1O. The highest BCUT2D eigenvalue weighted by Crippen LogP contribution is 2.24. The Morgan fingerprint density at radius 2 is 2.25 bits per heavy atom. The van der Waals surface area contributed by atoms with Crippen LogP contribution in [0.3, 0.4) is 0 Å². The molecule has 1 rings (SSSR count). The van der Waals surface area contributed by atoms with Gasteiger partial charge in [-0.15, -0.1) is 0 Å². The van der Waals surface area contributed by atoms with Gasteiger partial charge in [0.2, 0.25) is 0 Å². The summed E-state index contributed by atoms with van der Waals surface area (Å²) in [6.07, 6.45) is 5.33. The molecule has 1 aromatic rings. The highest BCUT2D eigenvalue weighted by atomic mass is 16.5. The number of allylic oxidation sites excluding steroid dienone is 1. The molecule has 16 heavy (non-hydrogen) atoms. The Labute approximate surface area is 95.2 Å². The molecule has 4 heteroatoms. The molecule has 0 radical (unpaired) electrons. The van der Waals surface area contributed by atoms with Crippen LogP contribution in [-0.2, 0) is 18.0 Å². The van der Waals surface area contributed by atoms with Crippen molar-refractivity contribution in [1.82, 2.24) is 4.98 Å². The second-order valence-corrected chi connectivity index (χ2v) is 3.44. The molecule has 0 saturated carbocycles. The van der Waals surface area contributed by atoms with Crippen LogP contribution in [-0.4, -0.2) is 21.8 Å². The maximum atomic E-state index is 9.79. The lowest BCUT2D eigenvalue weighted by atomic mass is 10.1. The van der Waals surface area contributed by atoms with Gasteiger partial charge in [-0.1, -0.05) is 12.2 Å². The van der Waals surface area contributed by atoms with E-state index in [1.54, 1.807) is 13.1 Å². The zero-order valence-corrected chi connectivity index (χ0v) is 9.60. The van der Waals surface area contributed by atoms with Gasteiger partial charge < -0.3 is 14.9 Å². The normalized spacial score (nSPS) is 11.2. The van der Waals surface area contributed by atoms with E-state index in [1.165, 1.54) is 0 Å². The van der Waals surface area contributed by atoms with E-state index < -0.39 is 0 Å². The van der Waals surface area contributed by atoms with Crippen LogP contribution in [0.5, 0.6) is 5.75 Å². The number of rotatable bonds is 5. The van der Waals surface area contributed by atoms with Crippen LogP contribution in [0.15, 0.2) is 18.3 Å². The summed E-state index contributed by atoms with van der Waals surface area (Å²) in [4.78, 5) is 3.98. The average Bonchev–Trinajstić information content (AvgIpc) is 2.30. The lowest BCUT2D eigenvalue weighted by molar-refractivity contribution is 0.143. The fourth-order valence-electron chi connectivity index (χ4n) is 1.31. The van der Waals surface area contributed by atoms with Gasteiger partial charge in [-0.05, 0) is 13.8 Å². The van der Waals surface area contributed by atoms with Crippen molar-refractivity contribution >= 4 is 0 Å². The Balaban J connectivity index is 2.79. The average molecular weight is 223 g/mol. The first-order chi connectivity index (χ1) is 7.70. The van der Waals surface area contributed by atoms with Crippen molar-refractivity contribution in [2.24, 2.45) is 0 Å². The quantitative estimate of drug-likeness (QED) is 0.589. The predicted molar refractivity (Wildman–Crippen MR) is 61.0 cm³/mol. The third kappa shape index (κ3) is 3.05. The van der Waals surface area contributed by atoms with Crippen molar-refractivity contribution in [3.8, 4) is 5.75 Å². The molecule has 1 heterocycles. The number of aryl methyl sites for hydroxylation is 1. The molecule has 0 aliphatic carbocycles. The third-order valence-corrected chi connectivity index (χ3v) is 2.30. The molecule has 0 bridgehead atoms. The summed E-state index contributed by atoms with van der Waals surface area (Å²) in [5, 5.41) is 18.9. The third-order valence-electron chi connectivity index (χ3n) is 2.30. The van der Waals surface area contributed by atoms with Gasteiger partial charge in [-0.3, -0.25) is 4.98 Å². The Morgan fingerprint density at radius 1 is 1.50 bits per heavy atom. The van der Waals surface area contributed by atoms with Crippen molar-refractivity contribution < 1.29 is 14.9 Å². The van der Waals surface area contributed by atoms with E-state index in [0.717, 1.165) is 0 Å². The standard InChI is InChI=1S/C12H17NO3/c1-3-4-5-16-8-11-10(7-14)6-13-9(2)12(11)15/h3-4,6,14-15H,5,7-8H2,1-2H3/b4-3+. The number of hydrogen-bond donors (Lipinski definition) is 2. The lowest BCUT2D eigenvalue weighted by Crippen LogP contribution is -2.01. The first-order valence-corrected chi connectivity index (χ1v) is 5.16. The minimum Gasteiger partial charge on any atom is -0.506 e. The summed E-state index contributed by atoms with van der Waals surface area (Å²) >= 11 is 0. The summed E-state index contributed by atoms with van der Waals surface area (Å²) in [6, 6.07) is 0. The zero-order chi connectivity index (χ0) is 12.0. The van der Waals surface area contributed by atoms with E-state index in [0.29, 0.717) is 23.4 Å². The van der Waals surface area contributed by atoms with E-state index in [-0.39, 0.29) is 19.0 Å². The van der Waals surface area contributed by atoms with Crippen molar-refractivity contribution in [1.29, 1.82) is 0 Å². The monoisotopic (exact) mass is 223 g/mol. The lowest BCUT2D eigenvalue weighted by Gasteiger charge is -2.10. The van der Waals surface area contributed by atoms with Gasteiger partial charge in [0.05, 0.1) is 25.5 Å².